The number of aromatic nitrogens is 1. The van der Waals surface area contributed by atoms with Crippen molar-refractivity contribution < 1.29 is 14.2 Å². The number of pyridine rings is 1. The quantitative estimate of drug-likeness (QED) is 0.201. The second-order valence-corrected chi connectivity index (χ2v) is 8.93. The molecule has 0 aliphatic rings. The smallest absolute Gasteiger partial charge is 0.161 e. The molecule has 1 heterocycles. The Morgan fingerprint density at radius 3 is 2.22 bits per heavy atom. The predicted molar refractivity (Wildman–Crippen MR) is 150 cm³/mol. The molecule has 0 aliphatic carbocycles. The molecule has 0 atom stereocenters. The molecule has 0 spiro atoms. The van der Waals surface area contributed by atoms with Crippen LogP contribution in [0.15, 0.2) is 103 Å². The number of hydrogen-bond donors (Lipinski definition) is 0. The van der Waals surface area contributed by atoms with Crippen LogP contribution in [0, 0.1) is 0 Å². The summed E-state index contributed by atoms with van der Waals surface area (Å²) in [4.78, 5) is 4.85. The van der Waals surface area contributed by atoms with E-state index in [1.165, 1.54) is 0 Å². The van der Waals surface area contributed by atoms with Gasteiger partial charge >= 0.3 is 0 Å². The van der Waals surface area contributed by atoms with Crippen molar-refractivity contribution in [1.82, 2.24) is 4.98 Å². The topological polar surface area (TPSA) is 40.6 Å². The van der Waals surface area contributed by atoms with Gasteiger partial charge in [0.25, 0.3) is 0 Å². The number of para-hydroxylation sites is 1. The second kappa shape index (κ2) is 11.6. The number of fused-ring (bicyclic) bond motifs is 1. The lowest BCUT2D eigenvalue weighted by Crippen LogP contribution is -1.97. The van der Waals surface area contributed by atoms with Gasteiger partial charge in [-0.2, -0.15) is 0 Å². The van der Waals surface area contributed by atoms with E-state index in [1.807, 2.05) is 109 Å². The van der Waals surface area contributed by atoms with Gasteiger partial charge in [0, 0.05) is 10.4 Å². The SMILES string of the molecule is COc1cc(/C=C/c2ccc3cccc(OCc4ccc(Cl)cc4)c3n2)ccc1OCc1ccccc1. The van der Waals surface area contributed by atoms with Crippen molar-refractivity contribution in [1.29, 1.82) is 0 Å². The van der Waals surface area contributed by atoms with Crippen LogP contribution in [-0.4, -0.2) is 12.1 Å². The van der Waals surface area contributed by atoms with Gasteiger partial charge < -0.3 is 14.2 Å². The lowest BCUT2D eigenvalue weighted by molar-refractivity contribution is 0.284. The van der Waals surface area contributed by atoms with Crippen molar-refractivity contribution in [2.75, 3.05) is 7.11 Å². The van der Waals surface area contributed by atoms with Gasteiger partial charge in [-0.05, 0) is 59.2 Å². The predicted octanol–water partition coefficient (Wildman–Crippen LogP) is 8.23. The molecule has 5 rings (SSSR count). The number of nitrogens with zero attached hydrogens (tertiary/aromatic N) is 1. The summed E-state index contributed by atoms with van der Waals surface area (Å²) in [5.41, 5.74) is 4.78. The molecule has 37 heavy (non-hydrogen) atoms. The van der Waals surface area contributed by atoms with Gasteiger partial charge in [-0.25, -0.2) is 4.98 Å². The standard InChI is InChI=1S/C32H26ClNO3/c1-35-31-20-23(13-19-29(31)36-21-24-6-3-2-4-7-24)12-17-28-18-14-26-8-5-9-30(32(26)34-28)37-22-25-10-15-27(33)16-11-25/h2-20H,21-22H2,1H3/b17-12+. The summed E-state index contributed by atoms with van der Waals surface area (Å²) in [5.74, 6) is 2.13. The first-order valence-electron chi connectivity index (χ1n) is 12.0. The molecule has 184 valence electrons. The lowest BCUT2D eigenvalue weighted by Gasteiger charge is -2.11. The van der Waals surface area contributed by atoms with Gasteiger partial charge in [-0.15, -0.1) is 0 Å². The third-order valence-corrected chi connectivity index (χ3v) is 6.14. The van der Waals surface area contributed by atoms with Crippen LogP contribution in [-0.2, 0) is 13.2 Å². The highest BCUT2D eigenvalue weighted by Gasteiger charge is 2.07. The molecule has 0 radical (unpaired) electrons. The fraction of sp³-hybridized carbons (Fsp3) is 0.0938. The summed E-state index contributed by atoms with van der Waals surface area (Å²) >= 11 is 5.99. The van der Waals surface area contributed by atoms with Crippen LogP contribution in [0.2, 0.25) is 5.02 Å². The Kier molecular flexibility index (Phi) is 7.68. The molecule has 0 saturated heterocycles. The van der Waals surface area contributed by atoms with Gasteiger partial charge in [-0.3, -0.25) is 0 Å². The zero-order valence-electron chi connectivity index (χ0n) is 20.4. The highest BCUT2D eigenvalue weighted by Crippen LogP contribution is 2.30. The van der Waals surface area contributed by atoms with Crippen molar-refractivity contribution >= 4 is 34.7 Å². The van der Waals surface area contributed by atoms with E-state index >= 15 is 0 Å². The van der Waals surface area contributed by atoms with E-state index < -0.39 is 0 Å². The minimum atomic E-state index is 0.441. The normalized spacial score (nSPS) is 11.1. The van der Waals surface area contributed by atoms with Crippen molar-refractivity contribution in [2.24, 2.45) is 0 Å². The van der Waals surface area contributed by atoms with Gasteiger partial charge in [0.1, 0.15) is 24.5 Å². The van der Waals surface area contributed by atoms with Gasteiger partial charge in [0.15, 0.2) is 11.5 Å². The summed E-state index contributed by atoms with van der Waals surface area (Å²) < 4.78 is 17.6. The first-order chi connectivity index (χ1) is 18.2. The minimum Gasteiger partial charge on any atom is -0.493 e. The third-order valence-electron chi connectivity index (χ3n) is 5.88. The van der Waals surface area contributed by atoms with Crippen LogP contribution in [0.4, 0.5) is 0 Å². The third kappa shape index (κ3) is 6.29. The Bertz CT molecular complexity index is 1520. The van der Waals surface area contributed by atoms with Crippen LogP contribution in [0.3, 0.4) is 0 Å². The van der Waals surface area contributed by atoms with E-state index in [9.17, 15) is 0 Å². The largest absolute Gasteiger partial charge is 0.493 e. The van der Waals surface area contributed by atoms with Gasteiger partial charge in [0.2, 0.25) is 0 Å². The van der Waals surface area contributed by atoms with Gasteiger partial charge in [-0.1, -0.05) is 84.4 Å². The van der Waals surface area contributed by atoms with E-state index in [0.29, 0.717) is 29.7 Å². The molecule has 0 bridgehead atoms. The Morgan fingerprint density at radius 1 is 0.676 bits per heavy atom. The number of hydrogen-bond acceptors (Lipinski definition) is 4. The molecular weight excluding hydrogens is 482 g/mol. The maximum Gasteiger partial charge on any atom is 0.161 e. The molecule has 4 nitrogen and oxygen atoms in total. The van der Waals surface area contributed by atoms with Gasteiger partial charge in [0.05, 0.1) is 12.8 Å². The number of ether oxygens (including phenoxy) is 3. The van der Waals surface area contributed by atoms with E-state index in [0.717, 1.165) is 39.0 Å². The Hall–Kier alpha value is -4.28. The highest BCUT2D eigenvalue weighted by molar-refractivity contribution is 6.30. The molecule has 5 heteroatoms. The van der Waals surface area contributed by atoms with Crippen molar-refractivity contribution in [2.45, 2.75) is 13.2 Å². The molecule has 0 aliphatic heterocycles. The van der Waals surface area contributed by atoms with E-state index in [2.05, 4.69) is 6.07 Å². The fourth-order valence-corrected chi connectivity index (χ4v) is 4.04. The van der Waals surface area contributed by atoms with Crippen LogP contribution in [0.5, 0.6) is 17.2 Å². The first kappa shape index (κ1) is 24.4. The van der Waals surface area contributed by atoms with Crippen molar-refractivity contribution in [3.8, 4) is 17.2 Å². The van der Waals surface area contributed by atoms with Crippen molar-refractivity contribution in [3.05, 3.63) is 131 Å². The molecule has 0 fully saturated rings. The molecule has 0 amide bonds. The zero-order valence-corrected chi connectivity index (χ0v) is 21.2. The Labute approximate surface area is 221 Å². The van der Waals surface area contributed by atoms with Crippen LogP contribution in [0.1, 0.15) is 22.4 Å². The molecule has 1 aromatic heterocycles. The number of halogens is 1. The van der Waals surface area contributed by atoms with E-state index in [-0.39, 0.29) is 0 Å². The average Bonchev–Trinajstić information content (AvgIpc) is 2.95. The summed E-state index contributed by atoms with van der Waals surface area (Å²) in [6.45, 7) is 0.923. The molecule has 0 N–H and O–H groups in total. The van der Waals surface area contributed by atoms with Crippen LogP contribution < -0.4 is 14.2 Å². The highest BCUT2D eigenvalue weighted by atomic mass is 35.5. The lowest BCUT2D eigenvalue weighted by atomic mass is 10.1. The monoisotopic (exact) mass is 507 g/mol. The average molecular weight is 508 g/mol. The fourth-order valence-electron chi connectivity index (χ4n) is 3.91. The summed E-state index contributed by atoms with van der Waals surface area (Å²) in [6.07, 6.45) is 3.99. The van der Waals surface area contributed by atoms with E-state index in [1.54, 1.807) is 7.11 Å². The maximum absolute atomic E-state index is 6.10. The zero-order chi connectivity index (χ0) is 25.5. The molecule has 4 aromatic carbocycles. The first-order valence-corrected chi connectivity index (χ1v) is 12.4. The number of benzene rings is 4. The summed E-state index contributed by atoms with van der Waals surface area (Å²) in [7, 11) is 1.65. The van der Waals surface area contributed by atoms with E-state index in [4.69, 9.17) is 30.8 Å². The minimum absolute atomic E-state index is 0.441. The van der Waals surface area contributed by atoms with Crippen molar-refractivity contribution in [3.63, 3.8) is 0 Å². The number of rotatable bonds is 9. The second-order valence-electron chi connectivity index (χ2n) is 8.50. The Morgan fingerprint density at radius 2 is 1.43 bits per heavy atom. The Balaban J connectivity index is 1.31. The molecule has 0 saturated carbocycles. The van der Waals surface area contributed by atoms with Crippen LogP contribution >= 0.6 is 11.6 Å². The molecule has 0 unspecified atom stereocenters. The molecule has 5 aromatic rings. The summed E-state index contributed by atoms with van der Waals surface area (Å²) in [5, 5.41) is 1.73. The summed E-state index contributed by atoms with van der Waals surface area (Å²) in [6, 6.07) is 33.6. The van der Waals surface area contributed by atoms with Crippen LogP contribution in [0.25, 0.3) is 23.1 Å². The number of methoxy groups -OCH3 is 1. The maximum atomic E-state index is 6.10. The molecular formula is C32H26ClNO3.